The van der Waals surface area contributed by atoms with Gasteiger partial charge < -0.3 is 9.32 Å². The quantitative estimate of drug-likeness (QED) is 0.184. The molecule has 2 heteroatoms. The molecule has 9 aromatic carbocycles. The number of para-hydroxylation sites is 1. The number of nitrogens with zero attached hydrogens (tertiary/aromatic N) is 1. The van der Waals surface area contributed by atoms with Crippen LogP contribution in [0.25, 0.3) is 76.2 Å². The Hall–Kier alpha value is -6.38. The van der Waals surface area contributed by atoms with E-state index in [1.807, 2.05) is 0 Å². The number of rotatable bonds is 4. The van der Waals surface area contributed by atoms with Crippen LogP contribution in [0.5, 0.6) is 0 Å². The second-order valence-electron chi connectivity index (χ2n) is 12.5. The minimum Gasteiger partial charge on any atom is -0.455 e. The summed E-state index contributed by atoms with van der Waals surface area (Å²) in [6, 6.07) is 63.3. The molecule has 48 heavy (non-hydrogen) atoms. The summed E-state index contributed by atoms with van der Waals surface area (Å²) in [5, 5.41) is 12.0. The standard InChI is InChI=1S/C46H29NO/c1-2-12-30(13-3-1)36-28-29-42(45-39-19-8-9-23-43(39)48-46(36)45)47(40-21-11-20-37-34-17-6-4-14-31(34)26-27-38(37)40)41-22-10-16-33-25-24-32-15-5-7-18-35(32)44(33)41/h1-29H. The van der Waals surface area contributed by atoms with E-state index in [0.29, 0.717) is 0 Å². The summed E-state index contributed by atoms with van der Waals surface area (Å²) in [6.45, 7) is 0. The maximum Gasteiger partial charge on any atom is 0.145 e. The molecule has 224 valence electrons. The van der Waals surface area contributed by atoms with Crippen molar-refractivity contribution in [2.45, 2.75) is 0 Å². The zero-order chi connectivity index (χ0) is 31.6. The van der Waals surface area contributed by atoms with Gasteiger partial charge in [-0.1, -0.05) is 146 Å². The van der Waals surface area contributed by atoms with Crippen molar-refractivity contribution >= 4 is 82.1 Å². The molecule has 10 aromatic rings. The average Bonchev–Trinajstić information content (AvgIpc) is 3.55. The van der Waals surface area contributed by atoms with E-state index >= 15 is 0 Å². The lowest BCUT2D eigenvalue weighted by Gasteiger charge is -2.29. The zero-order valence-corrected chi connectivity index (χ0v) is 26.1. The third-order valence-electron chi connectivity index (χ3n) is 9.82. The number of benzene rings is 9. The van der Waals surface area contributed by atoms with Gasteiger partial charge in [0, 0.05) is 21.7 Å². The lowest BCUT2D eigenvalue weighted by Crippen LogP contribution is -2.12. The molecule has 2 nitrogen and oxygen atoms in total. The molecular weight excluding hydrogens is 583 g/mol. The molecule has 0 radical (unpaired) electrons. The van der Waals surface area contributed by atoms with Crippen LogP contribution in [0.2, 0.25) is 0 Å². The van der Waals surface area contributed by atoms with Gasteiger partial charge in [-0.15, -0.1) is 0 Å². The average molecular weight is 612 g/mol. The molecule has 0 spiro atoms. The van der Waals surface area contributed by atoms with Crippen LogP contribution in [0.15, 0.2) is 180 Å². The van der Waals surface area contributed by atoms with E-state index in [1.165, 1.54) is 43.1 Å². The second-order valence-corrected chi connectivity index (χ2v) is 12.5. The Morgan fingerprint density at radius 2 is 0.938 bits per heavy atom. The van der Waals surface area contributed by atoms with Crippen LogP contribution in [-0.2, 0) is 0 Å². The Morgan fingerprint density at radius 1 is 0.333 bits per heavy atom. The fraction of sp³-hybridized carbons (Fsp3) is 0. The van der Waals surface area contributed by atoms with Gasteiger partial charge in [0.25, 0.3) is 0 Å². The summed E-state index contributed by atoms with van der Waals surface area (Å²) in [7, 11) is 0. The molecule has 1 aromatic heterocycles. The van der Waals surface area contributed by atoms with Gasteiger partial charge in [-0.3, -0.25) is 0 Å². The summed E-state index contributed by atoms with van der Waals surface area (Å²) in [5.41, 5.74) is 7.31. The van der Waals surface area contributed by atoms with Crippen LogP contribution < -0.4 is 4.90 Å². The van der Waals surface area contributed by atoms with Gasteiger partial charge in [-0.2, -0.15) is 0 Å². The molecular formula is C46H29NO. The topological polar surface area (TPSA) is 16.4 Å². The minimum absolute atomic E-state index is 0.879. The highest BCUT2D eigenvalue weighted by molar-refractivity contribution is 6.22. The van der Waals surface area contributed by atoms with Gasteiger partial charge in [-0.25, -0.2) is 0 Å². The predicted molar refractivity (Wildman–Crippen MR) is 204 cm³/mol. The molecule has 0 saturated carbocycles. The van der Waals surface area contributed by atoms with Gasteiger partial charge in [0.15, 0.2) is 0 Å². The molecule has 0 aliphatic rings. The Balaban J connectivity index is 1.38. The minimum atomic E-state index is 0.879. The Kier molecular flexibility index (Phi) is 5.91. The van der Waals surface area contributed by atoms with Crippen LogP contribution in [0.4, 0.5) is 17.1 Å². The van der Waals surface area contributed by atoms with Crippen LogP contribution in [0.3, 0.4) is 0 Å². The van der Waals surface area contributed by atoms with E-state index in [9.17, 15) is 0 Å². The highest BCUT2D eigenvalue weighted by atomic mass is 16.3. The maximum absolute atomic E-state index is 6.78. The maximum atomic E-state index is 6.78. The number of furan rings is 1. The van der Waals surface area contributed by atoms with Crippen molar-refractivity contribution in [3.05, 3.63) is 176 Å². The SMILES string of the molecule is c1ccc(-c2ccc(N(c3cccc4c3ccc3ccccc34)c3cccc4ccc5ccccc5c34)c3c2oc2ccccc23)cc1. The first kappa shape index (κ1) is 26.8. The summed E-state index contributed by atoms with van der Waals surface area (Å²) in [4.78, 5) is 2.48. The van der Waals surface area contributed by atoms with Crippen molar-refractivity contribution in [3.8, 4) is 11.1 Å². The highest BCUT2D eigenvalue weighted by Gasteiger charge is 2.25. The van der Waals surface area contributed by atoms with Crippen molar-refractivity contribution < 1.29 is 4.42 Å². The summed E-state index contributed by atoms with van der Waals surface area (Å²) in [5.74, 6) is 0. The van der Waals surface area contributed by atoms with Gasteiger partial charge in [0.1, 0.15) is 11.2 Å². The fourth-order valence-corrected chi connectivity index (χ4v) is 7.68. The summed E-state index contributed by atoms with van der Waals surface area (Å²) in [6.07, 6.45) is 0. The molecule has 0 fully saturated rings. The van der Waals surface area contributed by atoms with E-state index < -0.39 is 0 Å². The van der Waals surface area contributed by atoms with E-state index in [4.69, 9.17) is 4.42 Å². The van der Waals surface area contributed by atoms with Crippen molar-refractivity contribution in [1.82, 2.24) is 0 Å². The normalized spacial score (nSPS) is 11.8. The molecule has 0 aliphatic carbocycles. The monoisotopic (exact) mass is 611 g/mol. The van der Waals surface area contributed by atoms with Crippen molar-refractivity contribution in [3.63, 3.8) is 0 Å². The number of hydrogen-bond acceptors (Lipinski definition) is 2. The summed E-state index contributed by atoms with van der Waals surface area (Å²) >= 11 is 0. The molecule has 0 amide bonds. The van der Waals surface area contributed by atoms with Gasteiger partial charge >= 0.3 is 0 Å². The van der Waals surface area contributed by atoms with E-state index in [2.05, 4.69) is 181 Å². The van der Waals surface area contributed by atoms with Crippen LogP contribution in [0.1, 0.15) is 0 Å². The predicted octanol–water partition coefficient (Wildman–Crippen LogP) is 13.3. The van der Waals surface area contributed by atoms with Crippen molar-refractivity contribution in [2.75, 3.05) is 4.90 Å². The van der Waals surface area contributed by atoms with E-state index in [-0.39, 0.29) is 0 Å². The fourth-order valence-electron chi connectivity index (χ4n) is 7.68. The smallest absolute Gasteiger partial charge is 0.145 e. The molecule has 0 saturated heterocycles. The zero-order valence-electron chi connectivity index (χ0n) is 26.1. The first-order valence-electron chi connectivity index (χ1n) is 16.4. The Labute approximate surface area is 277 Å². The molecule has 0 N–H and O–H groups in total. The van der Waals surface area contributed by atoms with Crippen molar-refractivity contribution in [1.29, 1.82) is 0 Å². The van der Waals surface area contributed by atoms with Gasteiger partial charge in [-0.05, 0) is 68.2 Å². The first-order chi connectivity index (χ1) is 23.8. The largest absolute Gasteiger partial charge is 0.455 e. The molecule has 0 unspecified atom stereocenters. The van der Waals surface area contributed by atoms with E-state index in [1.54, 1.807) is 0 Å². The molecule has 0 bridgehead atoms. The van der Waals surface area contributed by atoms with Crippen molar-refractivity contribution in [2.24, 2.45) is 0 Å². The molecule has 10 rings (SSSR count). The van der Waals surface area contributed by atoms with Crippen LogP contribution >= 0.6 is 0 Å². The molecule has 0 aliphatic heterocycles. The lowest BCUT2D eigenvalue weighted by molar-refractivity contribution is 0.670. The third kappa shape index (κ3) is 4.00. The summed E-state index contributed by atoms with van der Waals surface area (Å²) < 4.78 is 6.78. The van der Waals surface area contributed by atoms with Crippen LogP contribution in [0, 0.1) is 0 Å². The number of hydrogen-bond donors (Lipinski definition) is 0. The second kappa shape index (κ2) is 10.6. The van der Waals surface area contributed by atoms with Gasteiger partial charge in [0.05, 0.1) is 22.4 Å². The number of fused-ring (bicyclic) bond motifs is 9. The lowest BCUT2D eigenvalue weighted by atomic mass is 9.96. The van der Waals surface area contributed by atoms with Crippen LogP contribution in [-0.4, -0.2) is 0 Å². The van der Waals surface area contributed by atoms with E-state index in [0.717, 1.165) is 50.1 Å². The third-order valence-corrected chi connectivity index (χ3v) is 9.82. The number of anilines is 3. The highest BCUT2D eigenvalue weighted by Crippen LogP contribution is 2.50. The molecule has 1 heterocycles. The first-order valence-corrected chi connectivity index (χ1v) is 16.4. The Bertz CT molecular complexity index is 2850. The molecule has 0 atom stereocenters. The Morgan fingerprint density at radius 3 is 1.81 bits per heavy atom. The van der Waals surface area contributed by atoms with Gasteiger partial charge in [0.2, 0.25) is 0 Å².